The van der Waals surface area contributed by atoms with Crippen molar-refractivity contribution < 1.29 is 28.6 Å². The van der Waals surface area contributed by atoms with Gasteiger partial charge in [0.15, 0.2) is 6.10 Å². The van der Waals surface area contributed by atoms with Crippen molar-refractivity contribution in [3.8, 4) is 0 Å². The number of unbranched alkanes of at least 4 members (excludes halogenated alkanes) is 14. The van der Waals surface area contributed by atoms with Crippen LogP contribution in [0.1, 0.15) is 233 Å². The first kappa shape index (κ1) is 69.0. The molecule has 0 N–H and O–H groups in total. The van der Waals surface area contributed by atoms with Crippen LogP contribution in [-0.2, 0) is 28.6 Å². The van der Waals surface area contributed by atoms with Crippen molar-refractivity contribution in [2.24, 2.45) is 0 Å². The Kier molecular flexibility index (Phi) is 56.5. The van der Waals surface area contributed by atoms with Crippen LogP contribution in [0.2, 0.25) is 0 Å². The largest absolute Gasteiger partial charge is 0.462 e. The van der Waals surface area contributed by atoms with Crippen LogP contribution in [0, 0.1) is 0 Å². The molecular formula is C68H106O6. The minimum Gasteiger partial charge on any atom is -0.462 e. The Morgan fingerprint density at radius 3 is 0.851 bits per heavy atom. The van der Waals surface area contributed by atoms with Crippen LogP contribution in [0.15, 0.2) is 158 Å². The first-order valence-corrected chi connectivity index (χ1v) is 29.5. The van der Waals surface area contributed by atoms with Gasteiger partial charge in [0.2, 0.25) is 0 Å². The number of carbonyl (C=O) groups is 3. The Morgan fingerprint density at radius 1 is 0.284 bits per heavy atom. The molecule has 6 heteroatoms. The van der Waals surface area contributed by atoms with Crippen LogP contribution in [0.3, 0.4) is 0 Å². The van der Waals surface area contributed by atoms with Crippen LogP contribution in [0.4, 0.5) is 0 Å². The zero-order valence-electron chi connectivity index (χ0n) is 47.3. The highest BCUT2D eigenvalue weighted by molar-refractivity contribution is 5.71. The van der Waals surface area contributed by atoms with Gasteiger partial charge in [-0.3, -0.25) is 14.4 Å². The summed E-state index contributed by atoms with van der Waals surface area (Å²) in [6.45, 7) is 6.28. The molecule has 0 aromatic carbocycles. The van der Waals surface area contributed by atoms with E-state index in [-0.39, 0.29) is 37.5 Å². The second-order valence-corrected chi connectivity index (χ2v) is 18.8. The first-order valence-electron chi connectivity index (χ1n) is 29.5. The van der Waals surface area contributed by atoms with E-state index in [4.69, 9.17) is 14.2 Å². The maximum absolute atomic E-state index is 12.8. The molecule has 0 fully saturated rings. The van der Waals surface area contributed by atoms with Crippen molar-refractivity contribution in [2.45, 2.75) is 239 Å². The van der Waals surface area contributed by atoms with Gasteiger partial charge in [-0.25, -0.2) is 0 Å². The zero-order valence-corrected chi connectivity index (χ0v) is 47.3. The fourth-order valence-electron chi connectivity index (χ4n) is 7.39. The highest BCUT2D eigenvalue weighted by atomic mass is 16.6. The summed E-state index contributed by atoms with van der Waals surface area (Å²) in [5, 5.41) is 0. The Bertz CT molecular complexity index is 1690. The molecule has 0 aliphatic rings. The minimum atomic E-state index is -0.815. The summed E-state index contributed by atoms with van der Waals surface area (Å²) in [6.07, 6.45) is 88.1. The predicted octanol–water partition coefficient (Wildman–Crippen LogP) is 20.1. The van der Waals surface area contributed by atoms with Crippen LogP contribution in [0.25, 0.3) is 0 Å². The minimum absolute atomic E-state index is 0.109. The molecule has 0 aromatic heterocycles. The molecule has 1 unspecified atom stereocenters. The number of hydrogen-bond donors (Lipinski definition) is 0. The van der Waals surface area contributed by atoms with E-state index in [0.717, 1.165) is 173 Å². The van der Waals surface area contributed by atoms with Crippen molar-refractivity contribution in [3.05, 3.63) is 158 Å². The summed E-state index contributed by atoms with van der Waals surface area (Å²) < 4.78 is 16.8. The van der Waals surface area contributed by atoms with E-state index in [0.29, 0.717) is 19.3 Å². The van der Waals surface area contributed by atoms with Gasteiger partial charge in [-0.15, -0.1) is 0 Å². The first-order chi connectivity index (χ1) is 36.5. The van der Waals surface area contributed by atoms with E-state index >= 15 is 0 Å². The highest BCUT2D eigenvalue weighted by Crippen LogP contribution is 2.13. The topological polar surface area (TPSA) is 78.9 Å². The third-order valence-corrected chi connectivity index (χ3v) is 11.7. The lowest BCUT2D eigenvalue weighted by Gasteiger charge is -2.18. The van der Waals surface area contributed by atoms with E-state index < -0.39 is 6.10 Å². The number of carbonyl (C=O) groups excluding carboxylic acids is 3. The average molecular weight is 1020 g/mol. The maximum Gasteiger partial charge on any atom is 0.306 e. The van der Waals surface area contributed by atoms with E-state index in [9.17, 15) is 14.4 Å². The van der Waals surface area contributed by atoms with Gasteiger partial charge in [0.1, 0.15) is 13.2 Å². The molecule has 0 radical (unpaired) electrons. The van der Waals surface area contributed by atoms with Gasteiger partial charge in [0.25, 0.3) is 0 Å². The number of esters is 3. The van der Waals surface area contributed by atoms with Crippen molar-refractivity contribution >= 4 is 17.9 Å². The van der Waals surface area contributed by atoms with E-state index in [1.165, 1.54) is 12.8 Å². The summed E-state index contributed by atoms with van der Waals surface area (Å²) in [6, 6.07) is 0. The molecule has 0 amide bonds. The average Bonchev–Trinajstić information content (AvgIpc) is 3.40. The molecule has 6 nitrogen and oxygen atoms in total. The number of ether oxygens (including phenoxy) is 3. The molecule has 1 atom stereocenters. The van der Waals surface area contributed by atoms with Crippen LogP contribution < -0.4 is 0 Å². The summed E-state index contributed by atoms with van der Waals surface area (Å²) >= 11 is 0. The number of rotatable bonds is 51. The van der Waals surface area contributed by atoms with Gasteiger partial charge in [0, 0.05) is 19.3 Å². The number of hydrogen-bond acceptors (Lipinski definition) is 6. The summed E-state index contributed by atoms with van der Waals surface area (Å²) in [7, 11) is 0. The van der Waals surface area contributed by atoms with Gasteiger partial charge < -0.3 is 14.2 Å². The highest BCUT2D eigenvalue weighted by Gasteiger charge is 2.19. The third kappa shape index (κ3) is 57.9. The van der Waals surface area contributed by atoms with Crippen molar-refractivity contribution in [1.29, 1.82) is 0 Å². The Hall–Kier alpha value is -4.97. The molecule has 0 saturated heterocycles. The molecule has 0 aliphatic carbocycles. The Morgan fingerprint density at radius 2 is 0.527 bits per heavy atom. The summed E-state index contributed by atoms with van der Waals surface area (Å²) in [5.41, 5.74) is 0. The Balaban J connectivity index is 4.42. The van der Waals surface area contributed by atoms with E-state index in [1.807, 2.05) is 0 Å². The lowest BCUT2D eigenvalue weighted by Crippen LogP contribution is -2.30. The molecule has 414 valence electrons. The van der Waals surface area contributed by atoms with Gasteiger partial charge in [-0.2, -0.15) is 0 Å². The molecule has 0 saturated carbocycles. The quantitative estimate of drug-likeness (QED) is 0.0261. The van der Waals surface area contributed by atoms with Crippen molar-refractivity contribution in [2.75, 3.05) is 13.2 Å². The lowest BCUT2D eigenvalue weighted by molar-refractivity contribution is -0.167. The maximum atomic E-state index is 12.8. The van der Waals surface area contributed by atoms with Crippen molar-refractivity contribution in [3.63, 3.8) is 0 Å². The van der Waals surface area contributed by atoms with Gasteiger partial charge in [-0.05, 0) is 141 Å². The SMILES string of the molecule is CC/C=C\C/C=C\C/C=C\C/C=C\C/C=C\C/C=C\C/C=C\CCCCCCCC(=O)OCC(COC(=O)CCCCCCC/C=C\CCC)OC(=O)CCCCC/C=C\C/C=C\C/C=C\C/C=C\C/C=C\CC. The summed E-state index contributed by atoms with van der Waals surface area (Å²) in [5.74, 6) is -0.981. The van der Waals surface area contributed by atoms with Crippen LogP contribution in [-0.4, -0.2) is 37.2 Å². The smallest absolute Gasteiger partial charge is 0.306 e. The normalized spacial score (nSPS) is 13.3. The predicted molar refractivity (Wildman–Crippen MR) is 320 cm³/mol. The Labute approximate surface area is 454 Å². The van der Waals surface area contributed by atoms with Gasteiger partial charge in [0.05, 0.1) is 0 Å². The second-order valence-electron chi connectivity index (χ2n) is 18.8. The monoisotopic (exact) mass is 1020 g/mol. The standard InChI is InChI=1S/C68H106O6/c1-4-7-10-13-16-19-22-24-26-28-30-31-32-33-34-35-36-37-39-40-42-44-46-49-52-55-58-61-67(70)73-64-65(63-72-66(69)60-57-54-51-48-21-18-15-12-9-6-3)74-68(71)62-59-56-53-50-47-45-43-41-38-29-27-25-23-20-17-14-11-8-5-2/h7-8,10-12,15-17,19-20,24-27,30-31,33-34,36-38,40-42,45,47,65H,4-6,9,13-14,18,21-23,28-29,32,35,39,43-44,46,48-64H2,1-3H3/b10-7-,11-8-,15-12-,19-16-,20-17-,26-24-,27-25-,31-30-,34-33-,37-36-,41-38-,42-40-,47-45-. The second kappa shape index (κ2) is 60.6. The molecule has 0 heterocycles. The van der Waals surface area contributed by atoms with E-state index in [2.05, 4.69) is 179 Å². The van der Waals surface area contributed by atoms with Crippen LogP contribution >= 0.6 is 0 Å². The van der Waals surface area contributed by atoms with Gasteiger partial charge >= 0.3 is 17.9 Å². The molecule has 74 heavy (non-hydrogen) atoms. The fraction of sp³-hybridized carbons (Fsp3) is 0.574. The third-order valence-electron chi connectivity index (χ3n) is 11.7. The van der Waals surface area contributed by atoms with Crippen molar-refractivity contribution in [1.82, 2.24) is 0 Å². The zero-order chi connectivity index (χ0) is 53.6. The van der Waals surface area contributed by atoms with Crippen LogP contribution in [0.5, 0.6) is 0 Å². The molecule has 0 aliphatic heterocycles. The molecule has 0 rings (SSSR count). The summed E-state index contributed by atoms with van der Waals surface area (Å²) in [4.78, 5) is 38.1. The number of allylic oxidation sites excluding steroid dienone is 26. The lowest BCUT2D eigenvalue weighted by atomic mass is 10.1. The fourth-order valence-corrected chi connectivity index (χ4v) is 7.39. The van der Waals surface area contributed by atoms with E-state index in [1.54, 1.807) is 0 Å². The van der Waals surface area contributed by atoms with Gasteiger partial charge in [-0.1, -0.05) is 230 Å². The molecule has 0 bridgehead atoms. The molecular weight excluding hydrogens is 913 g/mol. The molecule has 0 spiro atoms. The molecule has 0 aromatic rings.